The van der Waals surface area contributed by atoms with Gasteiger partial charge in [0, 0.05) is 25.7 Å². The number of hydrogen-bond donors (Lipinski definition) is 3. The minimum absolute atomic E-state index is 0.108. The van der Waals surface area contributed by atoms with Gasteiger partial charge >= 0.3 is 39.5 Å². The van der Waals surface area contributed by atoms with Crippen LogP contribution in [0.15, 0.2) is 0 Å². The predicted octanol–water partition coefficient (Wildman–Crippen LogP) is 23.5. The maximum absolute atomic E-state index is 13.1. The summed E-state index contributed by atoms with van der Waals surface area (Å²) in [6, 6.07) is 0. The first-order valence-corrected chi connectivity index (χ1v) is 44.0. The van der Waals surface area contributed by atoms with Gasteiger partial charge in [0.05, 0.1) is 26.4 Å². The summed E-state index contributed by atoms with van der Waals surface area (Å²) in [7, 11) is -9.91. The second-order valence-corrected chi connectivity index (χ2v) is 32.3. The van der Waals surface area contributed by atoms with E-state index in [9.17, 15) is 43.2 Å². The van der Waals surface area contributed by atoms with Crippen molar-refractivity contribution in [1.82, 2.24) is 0 Å². The van der Waals surface area contributed by atoms with Crippen LogP contribution < -0.4 is 0 Å². The Morgan fingerprint density at radius 3 is 0.694 bits per heavy atom. The first-order valence-electron chi connectivity index (χ1n) is 41.0. The monoisotopic (exact) mass is 1440 g/mol. The second-order valence-electron chi connectivity index (χ2n) is 29.4. The fraction of sp³-hybridized carbons (Fsp3) is 0.949. The molecule has 0 aliphatic heterocycles. The number of esters is 4. The summed E-state index contributed by atoms with van der Waals surface area (Å²) in [5.74, 6) is -0.510. The molecule has 0 amide bonds. The molecule has 5 atom stereocenters. The number of carbonyl (C=O) groups is 4. The van der Waals surface area contributed by atoms with E-state index in [1.54, 1.807) is 0 Å². The topological polar surface area (TPSA) is 237 Å². The Hall–Kier alpha value is -1.94. The molecule has 0 saturated heterocycles. The van der Waals surface area contributed by atoms with Crippen molar-refractivity contribution in [2.24, 2.45) is 11.8 Å². The number of unbranched alkanes of at least 4 members (excludes halogenated alkanes) is 48. The van der Waals surface area contributed by atoms with Crippen LogP contribution in [-0.4, -0.2) is 96.7 Å². The minimum Gasteiger partial charge on any atom is -0.462 e. The second kappa shape index (κ2) is 70.7. The highest BCUT2D eigenvalue weighted by molar-refractivity contribution is 7.47. The molecule has 2 unspecified atom stereocenters. The molecule has 98 heavy (non-hydrogen) atoms. The predicted molar refractivity (Wildman–Crippen MR) is 400 cm³/mol. The van der Waals surface area contributed by atoms with Crippen LogP contribution in [0.5, 0.6) is 0 Å². The van der Waals surface area contributed by atoms with E-state index >= 15 is 0 Å². The number of phosphoric acid groups is 2. The lowest BCUT2D eigenvalue weighted by molar-refractivity contribution is -0.161. The molecule has 0 rings (SSSR count). The molecule has 0 radical (unpaired) electrons. The van der Waals surface area contributed by atoms with Crippen LogP contribution in [0.1, 0.15) is 414 Å². The van der Waals surface area contributed by atoms with E-state index in [1.807, 2.05) is 0 Å². The fourth-order valence-corrected chi connectivity index (χ4v) is 13.8. The number of aliphatic hydroxyl groups excluding tert-OH is 1. The summed E-state index contributed by atoms with van der Waals surface area (Å²) < 4.78 is 68.6. The molecule has 0 aromatic rings. The molecule has 0 spiro atoms. The van der Waals surface area contributed by atoms with Crippen molar-refractivity contribution in [3.8, 4) is 0 Å². The van der Waals surface area contributed by atoms with Crippen molar-refractivity contribution in [3.63, 3.8) is 0 Å². The number of ether oxygens (including phenoxy) is 4. The number of carbonyl (C=O) groups excluding carboxylic acids is 4. The molecule has 0 aromatic carbocycles. The molecule has 582 valence electrons. The average Bonchev–Trinajstić information content (AvgIpc) is 1.05. The highest BCUT2D eigenvalue weighted by atomic mass is 31.2. The smallest absolute Gasteiger partial charge is 0.462 e. The molecule has 0 heterocycles. The van der Waals surface area contributed by atoms with Crippen molar-refractivity contribution in [2.75, 3.05) is 39.6 Å². The van der Waals surface area contributed by atoms with Crippen molar-refractivity contribution >= 4 is 39.5 Å². The third-order valence-electron chi connectivity index (χ3n) is 18.5. The van der Waals surface area contributed by atoms with Crippen molar-refractivity contribution in [3.05, 3.63) is 0 Å². The van der Waals surface area contributed by atoms with Crippen molar-refractivity contribution < 1.29 is 80.2 Å². The van der Waals surface area contributed by atoms with Gasteiger partial charge in [0.2, 0.25) is 0 Å². The Bertz CT molecular complexity index is 1890. The minimum atomic E-state index is -4.96. The Balaban J connectivity index is 5.21. The van der Waals surface area contributed by atoms with Gasteiger partial charge in [-0.15, -0.1) is 0 Å². The summed E-state index contributed by atoms with van der Waals surface area (Å²) in [5.41, 5.74) is 0. The normalized spacial score (nSPS) is 13.9. The number of phosphoric ester groups is 2. The Morgan fingerprint density at radius 2 is 0.469 bits per heavy atom. The van der Waals surface area contributed by atoms with Gasteiger partial charge in [-0.25, -0.2) is 9.13 Å². The Morgan fingerprint density at radius 1 is 0.276 bits per heavy atom. The molecular weight excluding hydrogens is 1280 g/mol. The number of rotatable bonds is 78. The van der Waals surface area contributed by atoms with Gasteiger partial charge in [0.1, 0.15) is 19.3 Å². The first-order chi connectivity index (χ1) is 47.4. The molecule has 3 N–H and O–H groups in total. The lowest BCUT2D eigenvalue weighted by Gasteiger charge is -2.21. The molecule has 17 nitrogen and oxygen atoms in total. The highest BCUT2D eigenvalue weighted by Crippen LogP contribution is 2.45. The molecule has 0 saturated carbocycles. The third kappa shape index (κ3) is 72.4. The van der Waals surface area contributed by atoms with Gasteiger partial charge in [-0.3, -0.25) is 37.3 Å². The summed E-state index contributed by atoms with van der Waals surface area (Å²) >= 11 is 0. The van der Waals surface area contributed by atoms with Gasteiger partial charge in [-0.05, 0) is 37.5 Å². The maximum Gasteiger partial charge on any atom is 0.472 e. The zero-order valence-electron chi connectivity index (χ0n) is 64.1. The molecule has 0 aliphatic rings. The highest BCUT2D eigenvalue weighted by Gasteiger charge is 2.30. The molecule has 0 bridgehead atoms. The molecular formula is C79H154O17P2. The van der Waals surface area contributed by atoms with Crippen LogP contribution in [0.25, 0.3) is 0 Å². The van der Waals surface area contributed by atoms with Crippen molar-refractivity contribution in [2.45, 2.75) is 432 Å². The van der Waals surface area contributed by atoms with Crippen LogP contribution in [0.3, 0.4) is 0 Å². The van der Waals surface area contributed by atoms with Gasteiger partial charge in [-0.2, -0.15) is 0 Å². The van der Waals surface area contributed by atoms with Gasteiger partial charge in [0.15, 0.2) is 12.2 Å². The fourth-order valence-electron chi connectivity index (χ4n) is 12.2. The van der Waals surface area contributed by atoms with Crippen LogP contribution in [0, 0.1) is 11.8 Å². The number of aliphatic hydroxyl groups is 1. The Kier molecular flexibility index (Phi) is 69.3. The van der Waals surface area contributed by atoms with E-state index in [0.29, 0.717) is 25.7 Å². The van der Waals surface area contributed by atoms with Gasteiger partial charge < -0.3 is 33.8 Å². The largest absolute Gasteiger partial charge is 0.472 e. The van der Waals surface area contributed by atoms with E-state index in [0.717, 1.165) is 108 Å². The van der Waals surface area contributed by atoms with Crippen LogP contribution in [0.4, 0.5) is 0 Å². The lowest BCUT2D eigenvalue weighted by atomic mass is 10.0. The van der Waals surface area contributed by atoms with E-state index in [2.05, 4.69) is 41.5 Å². The lowest BCUT2D eigenvalue weighted by Crippen LogP contribution is -2.30. The molecule has 0 fully saturated rings. The van der Waals surface area contributed by atoms with Crippen molar-refractivity contribution in [1.29, 1.82) is 0 Å². The third-order valence-corrected chi connectivity index (χ3v) is 20.4. The average molecular weight is 1440 g/mol. The summed E-state index contributed by atoms with van der Waals surface area (Å²) in [6.07, 6.45) is 59.6. The molecule has 0 aliphatic carbocycles. The van der Waals surface area contributed by atoms with E-state index in [4.69, 9.17) is 37.0 Å². The van der Waals surface area contributed by atoms with E-state index in [1.165, 1.54) is 225 Å². The van der Waals surface area contributed by atoms with Gasteiger partial charge in [0.25, 0.3) is 0 Å². The van der Waals surface area contributed by atoms with E-state index in [-0.39, 0.29) is 25.7 Å². The van der Waals surface area contributed by atoms with E-state index < -0.39 is 97.5 Å². The Labute approximate surface area is 600 Å². The summed E-state index contributed by atoms with van der Waals surface area (Å²) in [6.45, 7) is 9.65. The maximum atomic E-state index is 13.1. The molecule has 0 aromatic heterocycles. The van der Waals surface area contributed by atoms with Crippen LogP contribution in [0.2, 0.25) is 0 Å². The zero-order valence-corrected chi connectivity index (χ0v) is 65.9. The summed E-state index contributed by atoms with van der Waals surface area (Å²) in [5, 5.41) is 10.6. The zero-order chi connectivity index (χ0) is 72.1. The van der Waals surface area contributed by atoms with Gasteiger partial charge in [-0.1, -0.05) is 363 Å². The SMILES string of the molecule is CCCCCCCCCCCCCCCCCC(=O)O[C@H](COC(=O)CCCCCCCCCC)COP(=O)(O)OC[C@H](O)COP(=O)(O)OC[C@@H](COC(=O)CCCCCCCCCCCCCCCCC(C)C)OC(=O)CCCCCCCCCCCCCCCCCC(C)C. The standard InChI is InChI=1S/C79H154O17P2/c1-7-9-11-13-15-17-18-19-21-29-34-39-45-51-57-63-78(83)95-74(67-89-76(81)61-55-49-43-16-14-12-10-8-2)69-93-97(85,86)91-65-73(80)66-92-98(87,88)94-70-75(68-90-77(82)62-56-50-44-38-33-28-25-24-27-32-37-42-48-54-60-72(5)6)96-79(84)64-58-52-46-40-35-30-23-20-22-26-31-36-41-47-53-59-71(3)4/h71-75,80H,7-70H2,1-6H3,(H,85,86)(H,87,88)/t73-,74+,75+/m0/s1. The summed E-state index contributed by atoms with van der Waals surface area (Å²) in [4.78, 5) is 72.9. The van der Waals surface area contributed by atoms with Crippen LogP contribution >= 0.6 is 15.6 Å². The molecule has 19 heteroatoms. The first kappa shape index (κ1) is 96.1. The quantitative estimate of drug-likeness (QED) is 0.0222. The van der Waals surface area contributed by atoms with Crippen LogP contribution in [-0.2, 0) is 65.4 Å². The number of hydrogen-bond acceptors (Lipinski definition) is 15.